The minimum atomic E-state index is -0.456. The molecule has 4 rings (SSSR count). The van der Waals surface area contributed by atoms with Crippen molar-refractivity contribution in [3.05, 3.63) is 65.5 Å². The molecule has 4 aromatic rings. The van der Waals surface area contributed by atoms with Gasteiger partial charge in [-0.15, -0.1) is 21.5 Å². The van der Waals surface area contributed by atoms with Crippen LogP contribution in [0.4, 0.5) is 10.7 Å². The molecule has 2 heterocycles. The summed E-state index contributed by atoms with van der Waals surface area (Å²) in [5.41, 5.74) is 4.15. The highest BCUT2D eigenvalue weighted by Crippen LogP contribution is 2.36. The molecule has 2 aromatic carbocycles. The van der Waals surface area contributed by atoms with E-state index in [2.05, 4.69) is 58.5 Å². The summed E-state index contributed by atoms with van der Waals surface area (Å²) in [5.74, 6) is 0.201. The normalized spacial score (nSPS) is 10.9. The lowest BCUT2D eigenvalue weighted by Crippen LogP contribution is -2.21. The molecule has 204 valence electrons. The number of benzene rings is 2. The second kappa shape index (κ2) is 13.4. The second-order valence-corrected chi connectivity index (χ2v) is 10.4. The highest BCUT2D eigenvalue weighted by Gasteiger charge is 2.23. The average molecular weight is 564 g/mol. The van der Waals surface area contributed by atoms with Crippen LogP contribution in [0.15, 0.2) is 65.1 Å². The summed E-state index contributed by atoms with van der Waals surface area (Å²) in [6, 6.07) is 17.9. The van der Waals surface area contributed by atoms with Gasteiger partial charge in [0.1, 0.15) is 10.6 Å². The SMILES string of the molecule is CCOC(=O)c1c(-c2ccccc2)csc1NC(=O)CSc1nnc(-c2ccc(N(CC)CC)cc2)n1CC. The molecule has 0 fully saturated rings. The van der Waals surface area contributed by atoms with Crippen LogP contribution in [0.2, 0.25) is 0 Å². The number of carbonyl (C=O) groups is 2. The predicted molar refractivity (Wildman–Crippen MR) is 160 cm³/mol. The van der Waals surface area contributed by atoms with E-state index >= 15 is 0 Å². The first-order valence-corrected chi connectivity index (χ1v) is 14.9. The van der Waals surface area contributed by atoms with Gasteiger partial charge in [-0.25, -0.2) is 4.79 Å². The fourth-order valence-corrected chi connectivity index (χ4v) is 6.06. The number of aromatic nitrogens is 3. The fourth-order valence-electron chi connectivity index (χ4n) is 4.28. The van der Waals surface area contributed by atoms with Crippen molar-refractivity contribution in [1.29, 1.82) is 0 Å². The van der Waals surface area contributed by atoms with Gasteiger partial charge in [0, 0.05) is 41.8 Å². The van der Waals surface area contributed by atoms with Gasteiger partial charge < -0.3 is 19.5 Å². The number of thiophene rings is 1. The Morgan fingerprint density at radius 2 is 1.69 bits per heavy atom. The molecule has 10 heteroatoms. The zero-order valence-corrected chi connectivity index (χ0v) is 24.3. The smallest absolute Gasteiger partial charge is 0.341 e. The maximum absolute atomic E-state index is 13.0. The van der Waals surface area contributed by atoms with Crippen molar-refractivity contribution >= 4 is 45.7 Å². The molecule has 0 saturated carbocycles. The first-order valence-electron chi connectivity index (χ1n) is 13.1. The van der Waals surface area contributed by atoms with E-state index in [9.17, 15) is 9.59 Å². The van der Waals surface area contributed by atoms with Crippen molar-refractivity contribution in [1.82, 2.24) is 14.8 Å². The number of nitrogens with one attached hydrogen (secondary N) is 1. The number of amides is 1. The Kier molecular flexibility index (Phi) is 9.78. The molecule has 0 radical (unpaired) electrons. The number of thioether (sulfide) groups is 1. The largest absolute Gasteiger partial charge is 0.462 e. The highest BCUT2D eigenvalue weighted by molar-refractivity contribution is 7.99. The molecule has 1 N–H and O–H groups in total. The molecule has 0 aliphatic rings. The third-order valence-electron chi connectivity index (χ3n) is 6.23. The minimum Gasteiger partial charge on any atom is -0.462 e. The van der Waals surface area contributed by atoms with Gasteiger partial charge in [0.25, 0.3) is 0 Å². The fraction of sp³-hybridized carbons (Fsp3) is 0.310. The van der Waals surface area contributed by atoms with Crippen LogP contribution in [0.5, 0.6) is 0 Å². The van der Waals surface area contributed by atoms with Crippen LogP contribution in [0, 0.1) is 0 Å². The first-order chi connectivity index (χ1) is 19.0. The van der Waals surface area contributed by atoms with E-state index in [1.807, 2.05) is 47.2 Å². The van der Waals surface area contributed by atoms with E-state index in [4.69, 9.17) is 4.74 Å². The third-order valence-corrected chi connectivity index (χ3v) is 8.09. The maximum atomic E-state index is 13.0. The number of carbonyl (C=O) groups excluding carboxylic acids is 2. The monoisotopic (exact) mass is 563 g/mol. The standard InChI is InChI=1S/C29H33N5O3S2/c1-5-33(6-2)22-16-14-21(15-17-22)26-31-32-29(34(26)7-3)39-19-24(35)30-27-25(28(36)37-8-4)23(18-38-27)20-12-10-9-11-13-20/h9-18H,5-8,19H2,1-4H3,(H,30,35). The van der Waals surface area contributed by atoms with E-state index in [0.29, 0.717) is 22.3 Å². The van der Waals surface area contributed by atoms with E-state index < -0.39 is 5.97 Å². The second-order valence-electron chi connectivity index (χ2n) is 8.55. The summed E-state index contributed by atoms with van der Waals surface area (Å²) in [5, 5.41) is 14.7. The zero-order valence-electron chi connectivity index (χ0n) is 22.6. The molecule has 1 amide bonds. The molecule has 0 atom stereocenters. The van der Waals surface area contributed by atoms with Crippen LogP contribution in [-0.4, -0.2) is 52.1 Å². The molecule has 0 saturated heterocycles. The Labute approximate surface area is 237 Å². The van der Waals surface area contributed by atoms with E-state index in [0.717, 1.165) is 35.6 Å². The van der Waals surface area contributed by atoms with Crippen LogP contribution in [0.25, 0.3) is 22.5 Å². The Morgan fingerprint density at radius 3 is 2.33 bits per heavy atom. The van der Waals surface area contributed by atoms with E-state index in [-0.39, 0.29) is 18.3 Å². The topological polar surface area (TPSA) is 89.3 Å². The van der Waals surface area contributed by atoms with E-state index in [1.54, 1.807) is 6.92 Å². The molecule has 0 aliphatic carbocycles. The van der Waals surface area contributed by atoms with Gasteiger partial charge in [0.2, 0.25) is 5.91 Å². The molecule has 0 bridgehead atoms. The van der Waals surface area contributed by atoms with Crippen LogP contribution >= 0.6 is 23.1 Å². The summed E-state index contributed by atoms with van der Waals surface area (Å²) >= 11 is 2.63. The molecular formula is C29H33N5O3S2. The lowest BCUT2D eigenvalue weighted by atomic mass is 10.0. The van der Waals surface area contributed by atoms with E-state index in [1.165, 1.54) is 28.8 Å². The third kappa shape index (κ3) is 6.51. The number of anilines is 2. The van der Waals surface area contributed by atoms with Gasteiger partial charge in [-0.3, -0.25) is 4.79 Å². The number of rotatable bonds is 12. The first kappa shape index (κ1) is 28.4. The number of nitrogens with zero attached hydrogens (tertiary/aromatic N) is 4. The lowest BCUT2D eigenvalue weighted by molar-refractivity contribution is -0.113. The summed E-state index contributed by atoms with van der Waals surface area (Å²) in [6.07, 6.45) is 0. The Hall–Kier alpha value is -3.63. The van der Waals surface area contributed by atoms with Crippen LogP contribution < -0.4 is 10.2 Å². The molecule has 0 aliphatic heterocycles. The molecule has 2 aromatic heterocycles. The van der Waals surface area contributed by atoms with Gasteiger partial charge in [-0.2, -0.15) is 0 Å². The quantitative estimate of drug-likeness (QED) is 0.157. The zero-order chi connectivity index (χ0) is 27.8. The van der Waals surface area contributed by atoms with Crippen LogP contribution in [0.3, 0.4) is 0 Å². The number of hydrogen-bond donors (Lipinski definition) is 1. The summed E-state index contributed by atoms with van der Waals surface area (Å²) in [7, 11) is 0. The lowest BCUT2D eigenvalue weighted by Gasteiger charge is -2.21. The minimum absolute atomic E-state index is 0.125. The van der Waals surface area contributed by atoms with Crippen LogP contribution in [0.1, 0.15) is 38.1 Å². The molecule has 0 spiro atoms. The number of ether oxygens (including phenoxy) is 1. The summed E-state index contributed by atoms with van der Waals surface area (Å²) in [6.45, 7) is 10.9. The van der Waals surface area contributed by atoms with Gasteiger partial charge in [0.05, 0.1) is 12.4 Å². The molecular weight excluding hydrogens is 530 g/mol. The van der Waals surface area contributed by atoms with Crippen molar-refractivity contribution in [2.45, 2.75) is 39.4 Å². The van der Waals surface area contributed by atoms with Crippen molar-refractivity contribution in [2.75, 3.05) is 35.7 Å². The van der Waals surface area contributed by atoms with Crippen molar-refractivity contribution < 1.29 is 14.3 Å². The van der Waals surface area contributed by atoms with Gasteiger partial charge in [-0.05, 0) is 57.5 Å². The predicted octanol–water partition coefficient (Wildman–Crippen LogP) is 6.45. The number of hydrogen-bond acceptors (Lipinski definition) is 8. The highest BCUT2D eigenvalue weighted by atomic mass is 32.2. The maximum Gasteiger partial charge on any atom is 0.341 e. The van der Waals surface area contributed by atoms with Gasteiger partial charge >= 0.3 is 5.97 Å². The summed E-state index contributed by atoms with van der Waals surface area (Å²) < 4.78 is 7.30. The summed E-state index contributed by atoms with van der Waals surface area (Å²) in [4.78, 5) is 28.0. The Morgan fingerprint density at radius 1 is 0.974 bits per heavy atom. The van der Waals surface area contributed by atoms with Gasteiger partial charge in [-0.1, -0.05) is 42.1 Å². The Bertz CT molecular complexity index is 1400. The molecule has 39 heavy (non-hydrogen) atoms. The molecule has 0 unspecified atom stereocenters. The number of esters is 1. The van der Waals surface area contributed by atoms with Crippen molar-refractivity contribution in [3.8, 4) is 22.5 Å². The Balaban J connectivity index is 1.48. The average Bonchev–Trinajstić information content (AvgIpc) is 3.57. The molecule has 8 nitrogen and oxygen atoms in total. The van der Waals surface area contributed by atoms with Crippen LogP contribution in [-0.2, 0) is 16.1 Å². The van der Waals surface area contributed by atoms with Crippen molar-refractivity contribution in [3.63, 3.8) is 0 Å². The van der Waals surface area contributed by atoms with Gasteiger partial charge in [0.15, 0.2) is 11.0 Å². The van der Waals surface area contributed by atoms with Crippen molar-refractivity contribution in [2.24, 2.45) is 0 Å².